The van der Waals surface area contributed by atoms with Gasteiger partial charge in [0, 0.05) is 13.1 Å². The van der Waals surface area contributed by atoms with Crippen molar-refractivity contribution in [2.24, 2.45) is 0 Å². The van der Waals surface area contributed by atoms with E-state index in [2.05, 4.69) is 10.6 Å². The molecule has 1 aliphatic heterocycles. The second-order valence-electron chi connectivity index (χ2n) is 4.39. The molecule has 1 fully saturated rings. The Kier molecular flexibility index (Phi) is 5.65. The predicted molar refractivity (Wildman–Crippen MR) is 72.2 cm³/mol. The minimum atomic E-state index is -0.219. The van der Waals surface area contributed by atoms with Crippen LogP contribution >= 0.6 is 0 Å². The lowest BCUT2D eigenvalue weighted by atomic mass is 10.2. The van der Waals surface area contributed by atoms with Crippen LogP contribution in [-0.4, -0.2) is 44.9 Å². The quantitative estimate of drug-likeness (QED) is 0.737. The van der Waals surface area contributed by atoms with Crippen LogP contribution in [0.25, 0.3) is 0 Å². The van der Waals surface area contributed by atoms with Gasteiger partial charge < -0.3 is 20.1 Å². The largest absolute Gasteiger partial charge is 0.494 e. The van der Waals surface area contributed by atoms with E-state index in [1.807, 2.05) is 30.3 Å². The van der Waals surface area contributed by atoms with E-state index in [0.29, 0.717) is 26.4 Å². The Morgan fingerprint density at radius 2 is 2.26 bits per heavy atom. The number of hydrogen-bond acceptors (Lipinski definition) is 4. The van der Waals surface area contributed by atoms with Crippen molar-refractivity contribution in [3.8, 4) is 5.75 Å². The van der Waals surface area contributed by atoms with Crippen molar-refractivity contribution >= 4 is 5.91 Å². The number of ether oxygens (including phenoxy) is 2. The molecule has 1 aromatic rings. The smallest absolute Gasteiger partial charge is 0.239 e. The fraction of sp³-hybridized carbons (Fsp3) is 0.500. The summed E-state index contributed by atoms with van der Waals surface area (Å²) in [6.07, 6.45) is 0.786. The predicted octanol–water partition coefficient (Wildman–Crippen LogP) is 0.560. The standard InChI is InChI=1S/C14H20N2O3/c17-14(13-11-18-10-8-15-13)16-7-4-9-19-12-5-2-1-3-6-12/h1-3,5-6,13,15H,4,7-11H2,(H,16,17). The van der Waals surface area contributed by atoms with Crippen LogP contribution in [-0.2, 0) is 9.53 Å². The fourth-order valence-corrected chi connectivity index (χ4v) is 1.85. The summed E-state index contributed by atoms with van der Waals surface area (Å²) in [5.74, 6) is 0.857. The summed E-state index contributed by atoms with van der Waals surface area (Å²) in [4.78, 5) is 11.7. The number of para-hydroxylation sites is 1. The van der Waals surface area contributed by atoms with Crippen LogP contribution in [0.1, 0.15) is 6.42 Å². The van der Waals surface area contributed by atoms with Gasteiger partial charge in [0.05, 0.1) is 19.8 Å². The van der Waals surface area contributed by atoms with Gasteiger partial charge in [0.2, 0.25) is 5.91 Å². The molecule has 5 heteroatoms. The Hall–Kier alpha value is -1.59. The van der Waals surface area contributed by atoms with Crippen LogP contribution in [0.15, 0.2) is 30.3 Å². The van der Waals surface area contributed by atoms with E-state index < -0.39 is 0 Å². The first-order valence-electron chi connectivity index (χ1n) is 6.63. The van der Waals surface area contributed by atoms with Gasteiger partial charge in [-0.3, -0.25) is 4.79 Å². The molecule has 0 radical (unpaired) electrons. The fourth-order valence-electron chi connectivity index (χ4n) is 1.85. The topological polar surface area (TPSA) is 59.6 Å². The highest BCUT2D eigenvalue weighted by molar-refractivity contribution is 5.81. The maximum Gasteiger partial charge on any atom is 0.239 e. The van der Waals surface area contributed by atoms with Crippen molar-refractivity contribution in [2.75, 3.05) is 32.9 Å². The first-order chi connectivity index (χ1) is 9.36. The molecular formula is C14H20N2O3. The van der Waals surface area contributed by atoms with Gasteiger partial charge in [-0.15, -0.1) is 0 Å². The van der Waals surface area contributed by atoms with Crippen molar-refractivity contribution in [1.82, 2.24) is 10.6 Å². The molecule has 0 saturated carbocycles. The molecule has 1 aromatic carbocycles. The summed E-state index contributed by atoms with van der Waals surface area (Å²) in [6.45, 7) is 3.07. The van der Waals surface area contributed by atoms with Gasteiger partial charge in [-0.05, 0) is 18.6 Å². The van der Waals surface area contributed by atoms with Crippen molar-refractivity contribution in [3.63, 3.8) is 0 Å². The maximum atomic E-state index is 11.7. The normalized spacial score (nSPS) is 18.8. The van der Waals surface area contributed by atoms with Crippen LogP contribution in [0, 0.1) is 0 Å². The summed E-state index contributed by atoms with van der Waals surface area (Å²) in [5.41, 5.74) is 0. The highest BCUT2D eigenvalue weighted by Crippen LogP contribution is 2.08. The second kappa shape index (κ2) is 7.76. The van der Waals surface area contributed by atoms with E-state index >= 15 is 0 Å². The molecule has 104 valence electrons. The number of carbonyl (C=O) groups excluding carboxylic acids is 1. The number of amides is 1. The van der Waals surface area contributed by atoms with E-state index in [1.165, 1.54) is 0 Å². The molecule has 2 N–H and O–H groups in total. The number of nitrogens with one attached hydrogen (secondary N) is 2. The molecule has 0 aliphatic carbocycles. The average molecular weight is 264 g/mol. The summed E-state index contributed by atoms with van der Waals surface area (Å²) in [5, 5.41) is 5.99. The third-order valence-corrected chi connectivity index (χ3v) is 2.87. The summed E-state index contributed by atoms with van der Waals surface area (Å²) >= 11 is 0. The molecule has 0 spiro atoms. The van der Waals surface area contributed by atoms with Crippen LogP contribution in [0.5, 0.6) is 5.75 Å². The van der Waals surface area contributed by atoms with Crippen molar-refractivity contribution in [3.05, 3.63) is 30.3 Å². The zero-order valence-corrected chi connectivity index (χ0v) is 10.9. The van der Waals surface area contributed by atoms with Gasteiger partial charge in [-0.2, -0.15) is 0 Å². The van der Waals surface area contributed by atoms with E-state index in [4.69, 9.17) is 9.47 Å². The first kappa shape index (κ1) is 13.8. The van der Waals surface area contributed by atoms with Crippen molar-refractivity contribution in [1.29, 1.82) is 0 Å². The van der Waals surface area contributed by atoms with Gasteiger partial charge in [-0.25, -0.2) is 0 Å². The lowest BCUT2D eigenvalue weighted by molar-refractivity contribution is -0.125. The molecule has 2 rings (SSSR count). The van der Waals surface area contributed by atoms with E-state index in [1.54, 1.807) is 0 Å². The van der Waals surface area contributed by atoms with Gasteiger partial charge in [0.1, 0.15) is 11.8 Å². The number of hydrogen-bond donors (Lipinski definition) is 2. The maximum absolute atomic E-state index is 11.7. The van der Waals surface area contributed by atoms with Gasteiger partial charge in [0.15, 0.2) is 0 Å². The highest BCUT2D eigenvalue weighted by Gasteiger charge is 2.20. The Bertz CT molecular complexity index is 378. The zero-order valence-electron chi connectivity index (χ0n) is 10.9. The SMILES string of the molecule is O=C(NCCCOc1ccccc1)C1COCCN1. The zero-order chi connectivity index (χ0) is 13.3. The summed E-state index contributed by atoms with van der Waals surface area (Å²) in [7, 11) is 0. The highest BCUT2D eigenvalue weighted by atomic mass is 16.5. The molecule has 1 atom stereocenters. The van der Waals surface area contributed by atoms with Crippen LogP contribution in [0.2, 0.25) is 0 Å². The minimum Gasteiger partial charge on any atom is -0.494 e. The Morgan fingerprint density at radius 1 is 1.42 bits per heavy atom. The number of carbonyl (C=O) groups is 1. The van der Waals surface area contributed by atoms with E-state index in [9.17, 15) is 4.79 Å². The molecule has 1 unspecified atom stereocenters. The molecule has 0 aromatic heterocycles. The van der Waals surface area contributed by atoms with Crippen molar-refractivity contribution < 1.29 is 14.3 Å². The van der Waals surface area contributed by atoms with E-state index in [0.717, 1.165) is 18.7 Å². The van der Waals surface area contributed by atoms with Crippen LogP contribution < -0.4 is 15.4 Å². The average Bonchev–Trinajstić information content (AvgIpc) is 2.49. The monoisotopic (exact) mass is 264 g/mol. The molecule has 1 saturated heterocycles. The number of rotatable bonds is 6. The van der Waals surface area contributed by atoms with Gasteiger partial charge in [0.25, 0.3) is 0 Å². The second-order valence-corrected chi connectivity index (χ2v) is 4.39. The lowest BCUT2D eigenvalue weighted by Gasteiger charge is -2.22. The molecule has 1 heterocycles. The van der Waals surface area contributed by atoms with E-state index in [-0.39, 0.29) is 11.9 Å². The number of morpholine rings is 1. The van der Waals surface area contributed by atoms with Crippen molar-refractivity contribution in [2.45, 2.75) is 12.5 Å². The molecule has 19 heavy (non-hydrogen) atoms. The van der Waals surface area contributed by atoms with Crippen LogP contribution in [0.4, 0.5) is 0 Å². The van der Waals surface area contributed by atoms with Gasteiger partial charge in [-0.1, -0.05) is 18.2 Å². The van der Waals surface area contributed by atoms with Crippen LogP contribution in [0.3, 0.4) is 0 Å². The van der Waals surface area contributed by atoms with Gasteiger partial charge >= 0.3 is 0 Å². The molecule has 1 aliphatic rings. The number of benzene rings is 1. The molecule has 1 amide bonds. The third-order valence-electron chi connectivity index (χ3n) is 2.87. The Balaban J connectivity index is 1.55. The first-order valence-corrected chi connectivity index (χ1v) is 6.63. The molecular weight excluding hydrogens is 244 g/mol. The molecule has 5 nitrogen and oxygen atoms in total. The lowest BCUT2D eigenvalue weighted by Crippen LogP contribution is -2.51. The Labute approximate surface area is 113 Å². The summed E-state index contributed by atoms with van der Waals surface area (Å²) in [6, 6.07) is 9.44. The third kappa shape index (κ3) is 4.89. The minimum absolute atomic E-state index is 0.000545. The Morgan fingerprint density at radius 3 is 3.00 bits per heavy atom. The molecule has 0 bridgehead atoms. The summed E-state index contributed by atoms with van der Waals surface area (Å²) < 4.78 is 10.8.